The highest BCUT2D eigenvalue weighted by Crippen LogP contribution is 2.28. The van der Waals surface area contributed by atoms with Crippen molar-refractivity contribution in [3.05, 3.63) is 34.8 Å². The Morgan fingerprint density at radius 3 is 2.78 bits per heavy atom. The topological polar surface area (TPSA) is 44.8 Å². The smallest absolute Gasteiger partial charge is 0.344 e. The zero-order chi connectivity index (χ0) is 13.5. The molecule has 1 aromatic rings. The summed E-state index contributed by atoms with van der Waals surface area (Å²) in [5, 5.41) is 0. The molecule has 0 N–H and O–H groups in total. The predicted molar refractivity (Wildman–Crippen MR) is 72.3 cm³/mol. The summed E-state index contributed by atoms with van der Waals surface area (Å²) in [6, 6.07) is 5.36. The van der Waals surface area contributed by atoms with Crippen LogP contribution in [0.1, 0.15) is 12.5 Å². The van der Waals surface area contributed by atoms with Crippen LogP contribution >= 0.6 is 15.9 Å². The SMILES string of the molecule is C=C(OC)c1cc(Br)ccc1OCC(=O)OCC. The molecule has 0 radical (unpaired) electrons. The molecular weight excluding hydrogens is 300 g/mol. The molecule has 0 aliphatic rings. The van der Waals surface area contributed by atoms with E-state index < -0.39 is 5.97 Å². The second-order valence-electron chi connectivity index (χ2n) is 3.36. The zero-order valence-electron chi connectivity index (χ0n) is 10.4. The van der Waals surface area contributed by atoms with Crippen LogP contribution in [-0.4, -0.2) is 26.3 Å². The van der Waals surface area contributed by atoms with Gasteiger partial charge in [-0.25, -0.2) is 4.79 Å². The maximum absolute atomic E-state index is 11.2. The van der Waals surface area contributed by atoms with Crippen molar-refractivity contribution < 1.29 is 19.0 Å². The average Bonchev–Trinajstić information content (AvgIpc) is 2.36. The third-order valence-electron chi connectivity index (χ3n) is 2.14. The molecule has 98 valence electrons. The highest BCUT2D eigenvalue weighted by atomic mass is 79.9. The van der Waals surface area contributed by atoms with Crippen LogP contribution in [0.5, 0.6) is 5.75 Å². The molecule has 0 aliphatic carbocycles. The molecule has 1 rings (SSSR count). The molecule has 0 aliphatic heterocycles. The van der Waals surface area contributed by atoms with Crippen molar-refractivity contribution in [1.29, 1.82) is 0 Å². The standard InChI is InChI=1S/C13H15BrO4/c1-4-17-13(15)8-18-12-6-5-10(14)7-11(12)9(2)16-3/h5-7H,2,4,8H2,1,3H3. The van der Waals surface area contributed by atoms with E-state index in [-0.39, 0.29) is 6.61 Å². The van der Waals surface area contributed by atoms with Crippen LogP contribution in [0.3, 0.4) is 0 Å². The molecule has 4 nitrogen and oxygen atoms in total. The summed E-state index contributed by atoms with van der Waals surface area (Å²) < 4.78 is 16.1. The van der Waals surface area contributed by atoms with Gasteiger partial charge in [0, 0.05) is 4.47 Å². The van der Waals surface area contributed by atoms with Gasteiger partial charge in [0.15, 0.2) is 6.61 Å². The second-order valence-corrected chi connectivity index (χ2v) is 4.28. The van der Waals surface area contributed by atoms with Gasteiger partial charge < -0.3 is 14.2 Å². The van der Waals surface area contributed by atoms with Gasteiger partial charge in [-0.2, -0.15) is 0 Å². The first kappa shape index (κ1) is 14.6. The lowest BCUT2D eigenvalue weighted by molar-refractivity contribution is -0.145. The lowest BCUT2D eigenvalue weighted by Gasteiger charge is -2.12. The fourth-order valence-electron chi connectivity index (χ4n) is 1.30. The van der Waals surface area contributed by atoms with Crippen molar-refractivity contribution in [3.8, 4) is 5.75 Å². The first-order chi connectivity index (χ1) is 8.58. The molecule has 0 spiro atoms. The summed E-state index contributed by atoms with van der Waals surface area (Å²) in [5.41, 5.74) is 0.691. The number of hydrogen-bond donors (Lipinski definition) is 0. The Hall–Kier alpha value is -1.49. The Bertz CT molecular complexity index is 443. The highest BCUT2D eigenvalue weighted by Gasteiger charge is 2.11. The minimum atomic E-state index is -0.408. The molecule has 0 saturated carbocycles. The minimum absolute atomic E-state index is 0.139. The molecule has 0 heterocycles. The quantitative estimate of drug-likeness (QED) is 0.598. The molecular formula is C13H15BrO4. The molecule has 0 atom stereocenters. The number of ether oxygens (including phenoxy) is 3. The van der Waals surface area contributed by atoms with Crippen molar-refractivity contribution in [2.24, 2.45) is 0 Å². The van der Waals surface area contributed by atoms with E-state index in [1.807, 2.05) is 12.1 Å². The highest BCUT2D eigenvalue weighted by molar-refractivity contribution is 9.10. The number of halogens is 1. The van der Waals surface area contributed by atoms with Gasteiger partial charge in [0.25, 0.3) is 0 Å². The maximum Gasteiger partial charge on any atom is 0.344 e. The molecule has 0 bridgehead atoms. The summed E-state index contributed by atoms with van der Waals surface area (Å²) in [5.74, 6) is 0.586. The van der Waals surface area contributed by atoms with Crippen LogP contribution in [0.2, 0.25) is 0 Å². The number of carbonyl (C=O) groups is 1. The fraction of sp³-hybridized carbons (Fsp3) is 0.308. The molecule has 0 aromatic heterocycles. The Morgan fingerprint density at radius 1 is 1.44 bits per heavy atom. The van der Waals surface area contributed by atoms with E-state index in [1.165, 1.54) is 7.11 Å². The third kappa shape index (κ3) is 4.07. The molecule has 0 amide bonds. The van der Waals surface area contributed by atoms with Crippen LogP contribution in [0.15, 0.2) is 29.3 Å². The van der Waals surface area contributed by atoms with Gasteiger partial charge in [0.2, 0.25) is 0 Å². The summed E-state index contributed by atoms with van der Waals surface area (Å²) in [6.45, 7) is 5.71. The lowest BCUT2D eigenvalue weighted by atomic mass is 10.2. The van der Waals surface area contributed by atoms with E-state index in [2.05, 4.69) is 22.5 Å². The minimum Gasteiger partial charge on any atom is -0.497 e. The van der Waals surface area contributed by atoms with E-state index in [4.69, 9.17) is 14.2 Å². The predicted octanol–water partition coefficient (Wildman–Crippen LogP) is 3.01. The summed E-state index contributed by atoms with van der Waals surface area (Å²) in [7, 11) is 1.53. The van der Waals surface area contributed by atoms with Crippen LogP contribution in [0.4, 0.5) is 0 Å². The number of rotatable bonds is 6. The second kappa shape index (κ2) is 7.06. The van der Waals surface area contributed by atoms with Crippen LogP contribution in [-0.2, 0) is 14.3 Å². The van der Waals surface area contributed by atoms with Crippen LogP contribution < -0.4 is 4.74 Å². The average molecular weight is 315 g/mol. The van der Waals surface area contributed by atoms with Gasteiger partial charge in [-0.05, 0) is 25.1 Å². The summed E-state index contributed by atoms with van der Waals surface area (Å²) in [4.78, 5) is 11.2. The summed E-state index contributed by atoms with van der Waals surface area (Å²) >= 11 is 3.35. The Kier molecular flexibility index (Phi) is 5.71. The molecule has 0 saturated heterocycles. The van der Waals surface area contributed by atoms with Crippen molar-refractivity contribution in [1.82, 2.24) is 0 Å². The van der Waals surface area contributed by atoms with Gasteiger partial charge in [-0.15, -0.1) is 0 Å². The van der Waals surface area contributed by atoms with Gasteiger partial charge in [-0.1, -0.05) is 22.5 Å². The Labute approximate surface area is 115 Å². The first-order valence-corrected chi connectivity index (χ1v) is 6.19. The van der Waals surface area contributed by atoms with Crippen LogP contribution in [0, 0.1) is 0 Å². The van der Waals surface area contributed by atoms with Gasteiger partial charge in [0.1, 0.15) is 11.5 Å². The van der Waals surface area contributed by atoms with E-state index in [0.29, 0.717) is 23.7 Å². The monoisotopic (exact) mass is 314 g/mol. The van der Waals surface area contributed by atoms with Gasteiger partial charge in [0.05, 0.1) is 19.3 Å². The van der Waals surface area contributed by atoms with E-state index in [9.17, 15) is 4.79 Å². The molecule has 0 unspecified atom stereocenters. The van der Waals surface area contributed by atoms with Crippen molar-refractivity contribution in [2.45, 2.75) is 6.92 Å². The Morgan fingerprint density at radius 2 is 2.17 bits per heavy atom. The third-order valence-corrected chi connectivity index (χ3v) is 2.63. The first-order valence-electron chi connectivity index (χ1n) is 5.39. The van der Waals surface area contributed by atoms with Crippen LogP contribution in [0.25, 0.3) is 5.76 Å². The van der Waals surface area contributed by atoms with Crippen molar-refractivity contribution in [2.75, 3.05) is 20.3 Å². The van der Waals surface area contributed by atoms with Crippen molar-refractivity contribution in [3.63, 3.8) is 0 Å². The number of esters is 1. The zero-order valence-corrected chi connectivity index (χ0v) is 12.0. The van der Waals surface area contributed by atoms with Crippen molar-refractivity contribution >= 4 is 27.7 Å². The molecule has 0 fully saturated rings. The molecule has 5 heteroatoms. The number of benzene rings is 1. The number of methoxy groups -OCH3 is 1. The largest absolute Gasteiger partial charge is 0.497 e. The maximum atomic E-state index is 11.2. The van der Waals surface area contributed by atoms with Gasteiger partial charge in [-0.3, -0.25) is 0 Å². The van der Waals surface area contributed by atoms with Gasteiger partial charge >= 0.3 is 5.97 Å². The van der Waals surface area contributed by atoms with E-state index in [0.717, 1.165) is 4.47 Å². The number of carbonyl (C=O) groups excluding carboxylic acids is 1. The van der Waals surface area contributed by atoms with E-state index in [1.54, 1.807) is 13.0 Å². The number of hydrogen-bond acceptors (Lipinski definition) is 4. The Balaban J connectivity index is 2.81. The fourth-order valence-corrected chi connectivity index (χ4v) is 1.66. The lowest BCUT2D eigenvalue weighted by Crippen LogP contribution is -2.15. The summed E-state index contributed by atoms with van der Waals surface area (Å²) in [6.07, 6.45) is 0. The molecule has 1 aromatic carbocycles. The molecule has 18 heavy (non-hydrogen) atoms. The normalized spacial score (nSPS) is 9.72. The van der Waals surface area contributed by atoms with E-state index >= 15 is 0 Å².